The van der Waals surface area contributed by atoms with Gasteiger partial charge in [-0.2, -0.15) is 5.10 Å². The second-order valence-corrected chi connectivity index (χ2v) is 5.84. The fourth-order valence-corrected chi connectivity index (χ4v) is 2.84. The third-order valence-electron chi connectivity index (χ3n) is 4.17. The molecule has 0 spiro atoms. The Hall–Kier alpha value is -3.67. The molecule has 2 heterocycles. The Balaban J connectivity index is 1.87. The number of fused-ring (bicyclic) bond motifs is 2. The first-order valence-corrected chi connectivity index (χ1v) is 8.18. The molecule has 0 amide bonds. The van der Waals surface area contributed by atoms with E-state index in [4.69, 9.17) is 0 Å². The van der Waals surface area contributed by atoms with Crippen LogP contribution >= 0.6 is 0 Å². The summed E-state index contributed by atoms with van der Waals surface area (Å²) in [5.74, 6) is 1.36. The molecular formula is C20H17N5O. The summed E-state index contributed by atoms with van der Waals surface area (Å²) in [6, 6.07) is 10.9. The van der Waals surface area contributed by atoms with Crippen LogP contribution < -0.4 is 5.32 Å². The standard InChI is InChI=1S/C20H17N5O/c1-3-12(4-2)19-23-18-8-6-15(26)10-16(18)20(24-19)22-14-5-7-17-13(9-14)11-21-25-17/h3-11,26H,1H2,2H3,(H,21,25)(H,22,23,24)/b12-4+. The number of aromatic nitrogens is 4. The van der Waals surface area contributed by atoms with E-state index < -0.39 is 0 Å². The lowest BCUT2D eigenvalue weighted by Crippen LogP contribution is -2.01. The smallest absolute Gasteiger partial charge is 0.161 e. The maximum Gasteiger partial charge on any atom is 0.161 e. The van der Waals surface area contributed by atoms with Gasteiger partial charge in [-0.1, -0.05) is 18.7 Å². The minimum Gasteiger partial charge on any atom is -0.508 e. The van der Waals surface area contributed by atoms with E-state index in [1.54, 1.807) is 30.5 Å². The zero-order valence-corrected chi connectivity index (χ0v) is 14.2. The van der Waals surface area contributed by atoms with E-state index in [1.807, 2.05) is 31.2 Å². The molecule has 6 nitrogen and oxygen atoms in total. The first-order chi connectivity index (χ1) is 12.7. The zero-order valence-electron chi connectivity index (χ0n) is 14.2. The van der Waals surface area contributed by atoms with Gasteiger partial charge in [0.1, 0.15) is 11.6 Å². The van der Waals surface area contributed by atoms with Gasteiger partial charge in [-0.25, -0.2) is 9.97 Å². The van der Waals surface area contributed by atoms with Crippen molar-refractivity contribution in [3.8, 4) is 5.75 Å². The number of anilines is 2. The number of nitrogens with one attached hydrogen (secondary N) is 2. The number of hydrogen-bond acceptors (Lipinski definition) is 5. The second kappa shape index (κ2) is 6.33. The molecule has 4 aromatic rings. The number of allylic oxidation sites excluding steroid dienone is 3. The number of aromatic amines is 1. The summed E-state index contributed by atoms with van der Waals surface area (Å²) >= 11 is 0. The van der Waals surface area contributed by atoms with Crippen LogP contribution in [0.4, 0.5) is 11.5 Å². The van der Waals surface area contributed by atoms with Crippen LogP contribution in [-0.2, 0) is 0 Å². The first kappa shape index (κ1) is 15.8. The first-order valence-electron chi connectivity index (χ1n) is 8.18. The molecule has 0 saturated heterocycles. The van der Waals surface area contributed by atoms with E-state index in [2.05, 4.69) is 32.1 Å². The molecular weight excluding hydrogens is 326 g/mol. The van der Waals surface area contributed by atoms with E-state index in [-0.39, 0.29) is 5.75 Å². The molecule has 6 heteroatoms. The van der Waals surface area contributed by atoms with Gasteiger partial charge in [0, 0.05) is 22.0 Å². The molecule has 0 aliphatic rings. The van der Waals surface area contributed by atoms with Crippen molar-refractivity contribution < 1.29 is 5.11 Å². The molecule has 0 fully saturated rings. The van der Waals surface area contributed by atoms with Gasteiger partial charge in [0.2, 0.25) is 0 Å². The minimum absolute atomic E-state index is 0.164. The number of H-pyrrole nitrogens is 1. The minimum atomic E-state index is 0.164. The molecule has 0 bridgehead atoms. The summed E-state index contributed by atoms with van der Waals surface area (Å²) in [6.07, 6.45) is 5.41. The highest BCUT2D eigenvalue weighted by molar-refractivity contribution is 5.94. The molecule has 26 heavy (non-hydrogen) atoms. The number of nitrogens with zero attached hydrogens (tertiary/aromatic N) is 3. The summed E-state index contributed by atoms with van der Waals surface area (Å²) in [5, 5.41) is 21.9. The summed E-state index contributed by atoms with van der Waals surface area (Å²) in [4.78, 5) is 9.24. The maximum atomic E-state index is 9.88. The SMILES string of the molecule is C=C/C(=C\C)c1nc(Nc2ccc3[nH]ncc3c2)c2cc(O)ccc2n1. The van der Waals surface area contributed by atoms with Crippen LogP contribution in [0.2, 0.25) is 0 Å². The van der Waals surface area contributed by atoms with Crippen LogP contribution in [0, 0.1) is 0 Å². The Morgan fingerprint density at radius 3 is 2.88 bits per heavy atom. The highest BCUT2D eigenvalue weighted by Crippen LogP contribution is 2.29. The van der Waals surface area contributed by atoms with Gasteiger partial charge in [0.05, 0.1) is 17.2 Å². The van der Waals surface area contributed by atoms with Crippen molar-refractivity contribution in [1.29, 1.82) is 0 Å². The number of rotatable bonds is 4. The molecule has 0 aliphatic heterocycles. The van der Waals surface area contributed by atoms with Crippen molar-refractivity contribution in [2.75, 3.05) is 5.32 Å². The van der Waals surface area contributed by atoms with Crippen molar-refractivity contribution in [2.45, 2.75) is 6.92 Å². The number of aromatic hydroxyl groups is 1. The lowest BCUT2D eigenvalue weighted by atomic mass is 10.1. The summed E-state index contributed by atoms with van der Waals surface area (Å²) in [7, 11) is 0. The van der Waals surface area contributed by atoms with Gasteiger partial charge in [-0.05, 0) is 43.3 Å². The Bertz CT molecular complexity index is 1160. The topological polar surface area (TPSA) is 86.7 Å². The second-order valence-electron chi connectivity index (χ2n) is 5.84. The third-order valence-corrected chi connectivity index (χ3v) is 4.17. The van der Waals surface area contributed by atoms with Crippen molar-refractivity contribution >= 4 is 38.9 Å². The predicted octanol–water partition coefficient (Wildman–Crippen LogP) is 4.54. The highest BCUT2D eigenvalue weighted by Gasteiger charge is 2.11. The van der Waals surface area contributed by atoms with Crippen molar-refractivity contribution in [3.05, 3.63) is 67.2 Å². The fraction of sp³-hybridized carbons (Fsp3) is 0.0500. The Kier molecular flexibility index (Phi) is 3.85. The molecule has 0 saturated carbocycles. The van der Waals surface area contributed by atoms with E-state index in [0.29, 0.717) is 11.6 Å². The van der Waals surface area contributed by atoms with Crippen LogP contribution in [0.15, 0.2) is 61.3 Å². The summed E-state index contributed by atoms with van der Waals surface area (Å²) in [5.41, 5.74) is 3.41. The van der Waals surface area contributed by atoms with Crippen LogP contribution in [-0.4, -0.2) is 25.3 Å². The van der Waals surface area contributed by atoms with Crippen molar-refractivity contribution in [3.63, 3.8) is 0 Å². The Morgan fingerprint density at radius 1 is 1.19 bits per heavy atom. The zero-order chi connectivity index (χ0) is 18.1. The third kappa shape index (κ3) is 2.77. The van der Waals surface area contributed by atoms with E-state index in [1.165, 1.54) is 0 Å². The molecule has 3 N–H and O–H groups in total. The number of phenols is 1. The summed E-state index contributed by atoms with van der Waals surface area (Å²) < 4.78 is 0. The molecule has 2 aromatic carbocycles. The van der Waals surface area contributed by atoms with Crippen LogP contribution in [0.5, 0.6) is 5.75 Å². The van der Waals surface area contributed by atoms with Gasteiger partial charge in [0.15, 0.2) is 5.82 Å². The lowest BCUT2D eigenvalue weighted by molar-refractivity contribution is 0.476. The van der Waals surface area contributed by atoms with Crippen LogP contribution in [0.3, 0.4) is 0 Å². The van der Waals surface area contributed by atoms with Gasteiger partial charge < -0.3 is 10.4 Å². The number of phenolic OH excluding ortho intramolecular Hbond substituents is 1. The quantitative estimate of drug-likeness (QED) is 0.473. The Morgan fingerprint density at radius 2 is 2.08 bits per heavy atom. The van der Waals surface area contributed by atoms with Gasteiger partial charge >= 0.3 is 0 Å². The van der Waals surface area contributed by atoms with Crippen molar-refractivity contribution in [2.24, 2.45) is 0 Å². The highest BCUT2D eigenvalue weighted by atomic mass is 16.3. The van der Waals surface area contributed by atoms with E-state index in [0.717, 1.165) is 33.1 Å². The largest absolute Gasteiger partial charge is 0.508 e. The van der Waals surface area contributed by atoms with Gasteiger partial charge in [-0.15, -0.1) is 0 Å². The van der Waals surface area contributed by atoms with Gasteiger partial charge in [-0.3, -0.25) is 5.10 Å². The van der Waals surface area contributed by atoms with Crippen LogP contribution in [0.1, 0.15) is 12.7 Å². The maximum absolute atomic E-state index is 9.88. The normalized spacial score (nSPS) is 11.8. The predicted molar refractivity (Wildman–Crippen MR) is 104 cm³/mol. The van der Waals surface area contributed by atoms with Crippen molar-refractivity contribution in [1.82, 2.24) is 20.2 Å². The lowest BCUT2D eigenvalue weighted by Gasteiger charge is -2.12. The molecule has 128 valence electrons. The molecule has 0 radical (unpaired) electrons. The summed E-state index contributed by atoms with van der Waals surface area (Å²) in [6.45, 7) is 5.74. The average Bonchev–Trinajstić information content (AvgIpc) is 3.11. The fourth-order valence-electron chi connectivity index (χ4n) is 2.84. The van der Waals surface area contributed by atoms with Gasteiger partial charge in [0.25, 0.3) is 0 Å². The molecule has 4 rings (SSSR count). The molecule has 0 atom stereocenters. The number of benzene rings is 2. The van der Waals surface area contributed by atoms with Crippen LogP contribution in [0.25, 0.3) is 27.4 Å². The Labute approximate surface area is 149 Å². The molecule has 0 unspecified atom stereocenters. The molecule has 0 aliphatic carbocycles. The monoisotopic (exact) mass is 343 g/mol. The van der Waals surface area contributed by atoms with E-state index >= 15 is 0 Å². The molecule has 2 aromatic heterocycles. The average molecular weight is 343 g/mol. The van der Waals surface area contributed by atoms with E-state index in [9.17, 15) is 5.11 Å². The number of hydrogen-bond donors (Lipinski definition) is 3.